The predicted octanol–water partition coefficient (Wildman–Crippen LogP) is 2.56. The fourth-order valence-corrected chi connectivity index (χ4v) is 2.63. The Labute approximate surface area is 162 Å². The monoisotopic (exact) mass is 389 g/mol. The fraction of sp³-hybridized carbons (Fsp3) is 0.400. The summed E-state index contributed by atoms with van der Waals surface area (Å²) in [6.45, 7) is 4.65. The summed E-state index contributed by atoms with van der Waals surface area (Å²) in [5, 5.41) is 3.91. The molecule has 28 heavy (non-hydrogen) atoms. The van der Waals surface area contributed by atoms with Crippen molar-refractivity contribution in [2.24, 2.45) is 5.41 Å². The van der Waals surface area contributed by atoms with Gasteiger partial charge in [-0.1, -0.05) is 35.5 Å². The van der Waals surface area contributed by atoms with Gasteiger partial charge < -0.3 is 18.7 Å². The number of hydrogen-bond donors (Lipinski definition) is 0. The zero-order valence-corrected chi connectivity index (χ0v) is 16.1. The van der Waals surface area contributed by atoms with E-state index in [2.05, 4.69) is 5.16 Å². The van der Waals surface area contributed by atoms with Gasteiger partial charge in [-0.2, -0.15) is 0 Å². The molecule has 1 aromatic heterocycles. The molecule has 1 aromatic carbocycles. The highest BCUT2D eigenvalue weighted by Crippen LogP contribution is 2.31. The molecule has 0 radical (unpaired) electrons. The molecule has 0 spiro atoms. The van der Waals surface area contributed by atoms with Gasteiger partial charge in [-0.25, -0.2) is 0 Å². The standard InChI is InChI=1S/C20H23NO7/c1-4-25-17(22)20(18(23)26-5-2,19(24)27-6-3)13-15-12-16(28-21-15)14-10-8-7-9-11-14/h7-12H,4-6,13H2,1-3H3. The maximum atomic E-state index is 12.7. The number of aromatic nitrogens is 1. The van der Waals surface area contributed by atoms with Crippen molar-refractivity contribution in [3.8, 4) is 11.3 Å². The summed E-state index contributed by atoms with van der Waals surface area (Å²) in [6.07, 6.45) is -0.403. The van der Waals surface area contributed by atoms with Crippen LogP contribution >= 0.6 is 0 Å². The lowest BCUT2D eigenvalue weighted by Crippen LogP contribution is -2.51. The Morgan fingerprint density at radius 1 is 0.893 bits per heavy atom. The minimum Gasteiger partial charge on any atom is -0.465 e. The zero-order chi connectivity index (χ0) is 20.6. The van der Waals surface area contributed by atoms with Crippen molar-refractivity contribution in [3.63, 3.8) is 0 Å². The largest absolute Gasteiger partial charge is 0.465 e. The fourth-order valence-electron chi connectivity index (χ4n) is 2.63. The van der Waals surface area contributed by atoms with Crippen LogP contribution in [-0.4, -0.2) is 42.9 Å². The molecule has 1 heterocycles. The lowest BCUT2D eigenvalue weighted by Gasteiger charge is -2.26. The molecule has 2 rings (SSSR count). The maximum absolute atomic E-state index is 12.7. The Hall–Kier alpha value is -3.16. The van der Waals surface area contributed by atoms with E-state index >= 15 is 0 Å². The normalized spacial score (nSPS) is 11.0. The van der Waals surface area contributed by atoms with Crippen LogP contribution in [0.15, 0.2) is 40.9 Å². The van der Waals surface area contributed by atoms with Crippen LogP contribution in [0.5, 0.6) is 0 Å². The number of rotatable bonds is 9. The summed E-state index contributed by atoms with van der Waals surface area (Å²) in [7, 11) is 0. The van der Waals surface area contributed by atoms with E-state index in [1.165, 1.54) is 0 Å². The molecule has 2 aromatic rings. The molecule has 0 fully saturated rings. The summed E-state index contributed by atoms with van der Waals surface area (Å²) in [4.78, 5) is 38.1. The molecule has 0 amide bonds. The summed E-state index contributed by atoms with van der Waals surface area (Å²) in [6, 6.07) is 10.7. The SMILES string of the molecule is CCOC(=O)C(Cc1cc(-c2ccccc2)on1)(C(=O)OCC)C(=O)OCC. The molecular weight excluding hydrogens is 366 g/mol. The van der Waals surface area contributed by atoms with Crippen LogP contribution in [0.2, 0.25) is 0 Å². The van der Waals surface area contributed by atoms with Gasteiger partial charge in [-0.3, -0.25) is 14.4 Å². The second-order valence-electron chi connectivity index (χ2n) is 5.79. The van der Waals surface area contributed by atoms with E-state index in [1.54, 1.807) is 26.8 Å². The molecule has 0 bridgehead atoms. The van der Waals surface area contributed by atoms with Crippen LogP contribution in [0.25, 0.3) is 11.3 Å². The molecule has 0 unspecified atom stereocenters. The molecule has 0 N–H and O–H groups in total. The highest BCUT2D eigenvalue weighted by molar-refractivity contribution is 6.18. The first-order valence-corrected chi connectivity index (χ1v) is 9.02. The summed E-state index contributed by atoms with van der Waals surface area (Å²) >= 11 is 0. The van der Waals surface area contributed by atoms with Crippen molar-refractivity contribution in [1.29, 1.82) is 0 Å². The van der Waals surface area contributed by atoms with Crippen LogP contribution < -0.4 is 0 Å². The summed E-state index contributed by atoms with van der Waals surface area (Å²) in [5.74, 6) is -2.70. The smallest absolute Gasteiger partial charge is 0.335 e. The van der Waals surface area contributed by atoms with Crippen LogP contribution in [0.1, 0.15) is 26.5 Å². The van der Waals surface area contributed by atoms with Gasteiger partial charge in [0.1, 0.15) is 0 Å². The average Bonchev–Trinajstić information content (AvgIpc) is 3.15. The Bertz CT molecular complexity index is 767. The van der Waals surface area contributed by atoms with E-state index in [4.69, 9.17) is 18.7 Å². The molecule has 0 saturated carbocycles. The van der Waals surface area contributed by atoms with Gasteiger partial charge in [0, 0.05) is 18.1 Å². The second kappa shape index (κ2) is 9.68. The van der Waals surface area contributed by atoms with E-state index in [1.807, 2.05) is 30.3 Å². The van der Waals surface area contributed by atoms with E-state index in [0.717, 1.165) is 5.56 Å². The molecule has 0 atom stereocenters. The maximum Gasteiger partial charge on any atom is 0.335 e. The number of benzene rings is 1. The first-order chi connectivity index (χ1) is 13.5. The van der Waals surface area contributed by atoms with Gasteiger partial charge in [0.05, 0.1) is 25.5 Å². The first-order valence-electron chi connectivity index (χ1n) is 9.02. The molecule has 8 heteroatoms. The van der Waals surface area contributed by atoms with Gasteiger partial charge in [0.25, 0.3) is 5.41 Å². The van der Waals surface area contributed by atoms with Gasteiger partial charge in [-0.05, 0) is 20.8 Å². The van der Waals surface area contributed by atoms with Crippen LogP contribution in [0.3, 0.4) is 0 Å². The summed E-state index contributed by atoms with van der Waals surface area (Å²) in [5.41, 5.74) is -1.34. The molecule has 8 nitrogen and oxygen atoms in total. The number of carbonyl (C=O) groups excluding carboxylic acids is 3. The van der Waals surface area contributed by atoms with E-state index in [-0.39, 0.29) is 25.5 Å². The van der Waals surface area contributed by atoms with Gasteiger partial charge >= 0.3 is 17.9 Å². The van der Waals surface area contributed by atoms with E-state index in [0.29, 0.717) is 5.76 Å². The van der Waals surface area contributed by atoms with Gasteiger partial charge in [0.15, 0.2) is 5.76 Å². The first kappa shape index (κ1) is 21.1. The average molecular weight is 389 g/mol. The summed E-state index contributed by atoms with van der Waals surface area (Å²) < 4.78 is 20.3. The third-order valence-corrected chi connectivity index (χ3v) is 3.94. The Morgan fingerprint density at radius 2 is 1.39 bits per heavy atom. The predicted molar refractivity (Wildman–Crippen MR) is 98.0 cm³/mol. The van der Waals surface area contributed by atoms with Gasteiger partial charge in [0.2, 0.25) is 0 Å². The Morgan fingerprint density at radius 3 is 1.86 bits per heavy atom. The zero-order valence-electron chi connectivity index (χ0n) is 16.1. The van der Waals surface area contributed by atoms with Crippen molar-refractivity contribution in [2.45, 2.75) is 27.2 Å². The molecule has 0 saturated heterocycles. The number of carbonyl (C=O) groups is 3. The molecule has 0 aliphatic rings. The van der Waals surface area contributed by atoms with E-state index < -0.39 is 29.7 Å². The Balaban J connectivity index is 2.45. The second-order valence-corrected chi connectivity index (χ2v) is 5.79. The third-order valence-electron chi connectivity index (χ3n) is 3.94. The Kier molecular flexibility index (Phi) is 7.31. The molecule has 0 aliphatic heterocycles. The lowest BCUT2D eigenvalue weighted by molar-refractivity contribution is -0.183. The number of nitrogens with zero attached hydrogens (tertiary/aromatic N) is 1. The van der Waals surface area contributed by atoms with Crippen molar-refractivity contribution >= 4 is 17.9 Å². The van der Waals surface area contributed by atoms with Crippen molar-refractivity contribution in [3.05, 3.63) is 42.1 Å². The van der Waals surface area contributed by atoms with Gasteiger partial charge in [-0.15, -0.1) is 0 Å². The number of ether oxygens (including phenoxy) is 3. The van der Waals surface area contributed by atoms with E-state index in [9.17, 15) is 14.4 Å². The van der Waals surface area contributed by atoms with Crippen molar-refractivity contribution in [1.82, 2.24) is 5.16 Å². The highest BCUT2D eigenvalue weighted by Gasteiger charge is 2.58. The molecule has 150 valence electrons. The molecule has 0 aliphatic carbocycles. The van der Waals surface area contributed by atoms with Crippen LogP contribution in [0.4, 0.5) is 0 Å². The van der Waals surface area contributed by atoms with Crippen molar-refractivity contribution in [2.75, 3.05) is 19.8 Å². The third kappa shape index (κ3) is 4.39. The minimum atomic E-state index is -2.31. The van der Waals surface area contributed by atoms with Crippen LogP contribution in [0, 0.1) is 5.41 Å². The molecular formula is C20H23NO7. The lowest BCUT2D eigenvalue weighted by atomic mass is 9.82. The highest BCUT2D eigenvalue weighted by atomic mass is 16.6. The number of hydrogen-bond acceptors (Lipinski definition) is 8. The van der Waals surface area contributed by atoms with Crippen LogP contribution in [-0.2, 0) is 35.0 Å². The topological polar surface area (TPSA) is 105 Å². The quantitative estimate of drug-likeness (QED) is 0.366. The van der Waals surface area contributed by atoms with Crippen molar-refractivity contribution < 1.29 is 33.1 Å². The minimum absolute atomic E-state index is 0.0204. The number of esters is 3.